The van der Waals surface area contributed by atoms with Gasteiger partial charge in [0.05, 0.1) is 19.8 Å². The largest absolute Gasteiger partial charge is 0.379 e. The van der Waals surface area contributed by atoms with Crippen molar-refractivity contribution in [2.75, 3.05) is 57.9 Å². The first-order valence-electron chi connectivity index (χ1n) is 9.05. The summed E-state index contributed by atoms with van der Waals surface area (Å²) in [7, 11) is 2.18. The monoisotopic (exact) mass is 329 g/mol. The Labute approximate surface area is 144 Å². The first-order valence-corrected chi connectivity index (χ1v) is 9.05. The maximum atomic E-state index is 13.1. The number of nitrogens with zero attached hydrogens (tertiary/aromatic N) is 3. The Morgan fingerprint density at radius 3 is 2.83 bits per heavy atom. The minimum absolute atomic E-state index is 0.249. The van der Waals surface area contributed by atoms with Gasteiger partial charge in [-0.25, -0.2) is 0 Å². The van der Waals surface area contributed by atoms with Crippen molar-refractivity contribution in [3.05, 3.63) is 29.3 Å². The van der Waals surface area contributed by atoms with Crippen LogP contribution < -0.4 is 4.90 Å². The van der Waals surface area contributed by atoms with Crippen LogP contribution in [0.25, 0.3) is 0 Å². The number of hydrogen-bond acceptors (Lipinski definition) is 4. The van der Waals surface area contributed by atoms with Crippen molar-refractivity contribution < 1.29 is 9.53 Å². The molecule has 0 bridgehead atoms. The summed E-state index contributed by atoms with van der Waals surface area (Å²) in [5.41, 5.74) is 3.79. The van der Waals surface area contributed by atoms with Crippen molar-refractivity contribution in [1.82, 2.24) is 9.80 Å². The fourth-order valence-electron chi connectivity index (χ4n) is 4.43. The fraction of sp³-hybridized carbons (Fsp3) is 0.632. The van der Waals surface area contributed by atoms with Gasteiger partial charge in [-0.1, -0.05) is 17.7 Å². The van der Waals surface area contributed by atoms with E-state index in [1.165, 1.54) is 11.1 Å². The summed E-state index contributed by atoms with van der Waals surface area (Å²) in [6.45, 7) is 7.95. The number of likely N-dealkylation sites (N-methyl/N-ethyl adjacent to an activating group) is 1. The number of rotatable bonds is 2. The van der Waals surface area contributed by atoms with E-state index in [4.69, 9.17) is 4.74 Å². The minimum atomic E-state index is 0.249. The van der Waals surface area contributed by atoms with E-state index < -0.39 is 0 Å². The minimum Gasteiger partial charge on any atom is -0.379 e. The Kier molecular flexibility index (Phi) is 4.33. The predicted molar refractivity (Wildman–Crippen MR) is 94.6 cm³/mol. The molecule has 0 radical (unpaired) electrons. The maximum Gasteiger partial charge on any atom is 0.241 e. The van der Waals surface area contributed by atoms with Crippen molar-refractivity contribution in [1.29, 1.82) is 0 Å². The van der Waals surface area contributed by atoms with E-state index in [2.05, 4.69) is 46.9 Å². The molecule has 4 rings (SSSR count). The maximum absolute atomic E-state index is 13.1. The molecule has 0 N–H and O–H groups in total. The second kappa shape index (κ2) is 6.47. The molecule has 0 unspecified atom stereocenters. The number of likely N-dealkylation sites (tertiary alicyclic amines) is 1. The number of hydrogen-bond donors (Lipinski definition) is 0. The fourth-order valence-corrected chi connectivity index (χ4v) is 4.43. The summed E-state index contributed by atoms with van der Waals surface area (Å²) < 4.78 is 5.40. The van der Waals surface area contributed by atoms with Crippen molar-refractivity contribution in [3.63, 3.8) is 0 Å². The second-order valence-electron chi connectivity index (χ2n) is 7.44. The van der Waals surface area contributed by atoms with Gasteiger partial charge >= 0.3 is 0 Å². The standard InChI is InChI=1S/C19H27N3O2/c1-14-3-4-17-15(11-14)16-12-20(2)6-5-18(16)22(17)19(23)13-21-7-9-24-10-8-21/h3-4,11,16,18H,5-10,12-13H2,1-2H3/t16-,18+/m0/s1. The smallest absolute Gasteiger partial charge is 0.241 e. The molecule has 5 heteroatoms. The van der Waals surface area contributed by atoms with Crippen LogP contribution in [0.2, 0.25) is 0 Å². The highest BCUT2D eigenvalue weighted by Crippen LogP contribution is 2.44. The van der Waals surface area contributed by atoms with Crippen LogP contribution in [-0.4, -0.2) is 74.7 Å². The summed E-state index contributed by atoms with van der Waals surface area (Å²) in [5, 5.41) is 0. The van der Waals surface area contributed by atoms with Gasteiger partial charge in [0.25, 0.3) is 0 Å². The number of benzene rings is 1. The van der Waals surface area contributed by atoms with Crippen LogP contribution in [0.5, 0.6) is 0 Å². The number of morpholine rings is 1. The normalized spacial score (nSPS) is 27.8. The molecule has 0 saturated carbocycles. The summed E-state index contributed by atoms with van der Waals surface area (Å²) in [6, 6.07) is 6.90. The lowest BCUT2D eigenvalue weighted by atomic mass is 9.89. The number of piperidine rings is 1. The van der Waals surface area contributed by atoms with E-state index in [0.29, 0.717) is 18.5 Å². The van der Waals surface area contributed by atoms with E-state index in [-0.39, 0.29) is 5.91 Å². The zero-order valence-electron chi connectivity index (χ0n) is 14.7. The Morgan fingerprint density at radius 2 is 2.04 bits per heavy atom. The Bertz CT molecular complexity index is 627. The van der Waals surface area contributed by atoms with Crippen LogP contribution in [0.4, 0.5) is 5.69 Å². The molecule has 0 spiro atoms. The molecule has 2 fully saturated rings. The summed E-state index contributed by atoms with van der Waals surface area (Å²) in [5.74, 6) is 0.700. The summed E-state index contributed by atoms with van der Waals surface area (Å²) in [6.07, 6.45) is 1.06. The van der Waals surface area contributed by atoms with Gasteiger partial charge < -0.3 is 14.5 Å². The van der Waals surface area contributed by atoms with Crippen LogP contribution in [-0.2, 0) is 9.53 Å². The van der Waals surface area contributed by atoms with Crippen LogP contribution >= 0.6 is 0 Å². The van der Waals surface area contributed by atoms with Gasteiger partial charge in [0, 0.05) is 37.3 Å². The number of carbonyl (C=O) groups excluding carboxylic acids is 1. The highest BCUT2D eigenvalue weighted by molar-refractivity contribution is 5.98. The van der Waals surface area contributed by atoms with Crippen molar-refractivity contribution in [2.45, 2.75) is 25.3 Å². The van der Waals surface area contributed by atoms with Crippen LogP contribution in [0.1, 0.15) is 23.5 Å². The molecule has 2 saturated heterocycles. The molecule has 5 nitrogen and oxygen atoms in total. The molecule has 130 valence electrons. The molecule has 0 aromatic heterocycles. The SMILES string of the molecule is Cc1ccc2c(c1)[C@@H]1CN(C)CC[C@H]1N2C(=O)CN1CCOCC1. The number of aryl methyl sites for hydroxylation is 1. The van der Waals surface area contributed by atoms with E-state index in [0.717, 1.165) is 51.5 Å². The highest BCUT2D eigenvalue weighted by atomic mass is 16.5. The van der Waals surface area contributed by atoms with Gasteiger partial charge in [0.2, 0.25) is 5.91 Å². The average molecular weight is 329 g/mol. The van der Waals surface area contributed by atoms with Crippen LogP contribution in [0.3, 0.4) is 0 Å². The molecule has 3 aliphatic heterocycles. The molecule has 3 heterocycles. The van der Waals surface area contributed by atoms with Crippen LogP contribution in [0.15, 0.2) is 18.2 Å². The van der Waals surface area contributed by atoms with Crippen molar-refractivity contribution in [2.24, 2.45) is 0 Å². The Balaban J connectivity index is 1.60. The van der Waals surface area contributed by atoms with Gasteiger partial charge in [0.1, 0.15) is 0 Å². The van der Waals surface area contributed by atoms with E-state index >= 15 is 0 Å². The third-order valence-electron chi connectivity index (χ3n) is 5.68. The molecule has 0 aliphatic carbocycles. The molecular formula is C19H27N3O2. The van der Waals surface area contributed by atoms with E-state index in [1.54, 1.807) is 0 Å². The first-order chi connectivity index (χ1) is 11.6. The molecule has 1 aromatic rings. The quantitative estimate of drug-likeness (QED) is 0.823. The number of carbonyl (C=O) groups is 1. The van der Waals surface area contributed by atoms with E-state index in [1.807, 2.05) is 0 Å². The lowest BCUT2D eigenvalue weighted by Gasteiger charge is -2.37. The van der Waals surface area contributed by atoms with Gasteiger partial charge in [-0.3, -0.25) is 9.69 Å². The lowest BCUT2D eigenvalue weighted by Crippen LogP contribution is -2.51. The molecule has 1 aromatic carbocycles. The average Bonchev–Trinajstić information content (AvgIpc) is 2.89. The summed E-state index contributed by atoms with van der Waals surface area (Å²) in [4.78, 5) is 19.9. The zero-order chi connectivity index (χ0) is 16.7. The van der Waals surface area contributed by atoms with Crippen molar-refractivity contribution in [3.8, 4) is 0 Å². The van der Waals surface area contributed by atoms with E-state index in [9.17, 15) is 4.79 Å². The van der Waals surface area contributed by atoms with Gasteiger partial charge in [-0.15, -0.1) is 0 Å². The summed E-state index contributed by atoms with van der Waals surface area (Å²) >= 11 is 0. The molecule has 3 aliphatic rings. The predicted octanol–water partition coefficient (Wildman–Crippen LogP) is 1.46. The number of anilines is 1. The lowest BCUT2D eigenvalue weighted by molar-refractivity contribution is -0.121. The molecule has 1 amide bonds. The van der Waals surface area contributed by atoms with Gasteiger partial charge in [-0.05, 0) is 38.6 Å². The second-order valence-corrected chi connectivity index (χ2v) is 7.44. The van der Waals surface area contributed by atoms with Crippen molar-refractivity contribution >= 4 is 11.6 Å². The number of fused-ring (bicyclic) bond motifs is 3. The number of amides is 1. The van der Waals surface area contributed by atoms with Crippen LogP contribution in [0, 0.1) is 6.92 Å². The Morgan fingerprint density at radius 1 is 1.25 bits per heavy atom. The third kappa shape index (κ3) is 2.85. The zero-order valence-corrected chi connectivity index (χ0v) is 14.7. The molecule has 24 heavy (non-hydrogen) atoms. The Hall–Kier alpha value is -1.43. The molecule has 2 atom stereocenters. The third-order valence-corrected chi connectivity index (χ3v) is 5.68. The van der Waals surface area contributed by atoms with Gasteiger partial charge in [-0.2, -0.15) is 0 Å². The highest BCUT2D eigenvalue weighted by Gasteiger charge is 2.43. The van der Waals surface area contributed by atoms with Gasteiger partial charge in [0.15, 0.2) is 0 Å². The molecular weight excluding hydrogens is 302 g/mol. The number of ether oxygens (including phenoxy) is 1. The topological polar surface area (TPSA) is 36.0 Å². The first kappa shape index (κ1) is 16.1.